The molecule has 0 saturated carbocycles. The molecule has 0 unspecified atom stereocenters. The van der Waals surface area contributed by atoms with Gasteiger partial charge in [-0.3, -0.25) is 0 Å². The summed E-state index contributed by atoms with van der Waals surface area (Å²) in [5.41, 5.74) is 0. The lowest BCUT2D eigenvalue weighted by molar-refractivity contribution is -0.146. The average Bonchev–Trinajstić information content (AvgIpc) is 2.45. The Hall–Kier alpha value is -1.68. The summed E-state index contributed by atoms with van der Waals surface area (Å²) < 4.78 is 19.5. The van der Waals surface area contributed by atoms with Crippen molar-refractivity contribution in [2.24, 2.45) is 0 Å². The summed E-state index contributed by atoms with van der Waals surface area (Å²) in [7, 11) is 0. The predicted octanol–water partition coefficient (Wildman–Crippen LogP) is -1.47. The highest BCUT2D eigenvalue weighted by atomic mass is 16.6. The Bertz CT molecular complexity index is 327. The molecule has 0 fully saturated rings. The van der Waals surface area contributed by atoms with E-state index in [1.807, 2.05) is 0 Å². The zero-order valence-corrected chi connectivity index (χ0v) is 11.5. The molecule has 21 heavy (non-hydrogen) atoms. The van der Waals surface area contributed by atoms with Gasteiger partial charge in [-0.2, -0.15) is 0 Å². The van der Waals surface area contributed by atoms with Crippen LogP contribution in [0.1, 0.15) is 0 Å². The number of carboxylic acids is 1. The summed E-state index contributed by atoms with van der Waals surface area (Å²) in [4.78, 5) is 22.2. The Morgan fingerprint density at radius 3 is 1.81 bits per heavy atom. The maximum absolute atomic E-state index is 11.6. The van der Waals surface area contributed by atoms with Crippen molar-refractivity contribution < 1.29 is 43.9 Å². The molecule has 0 atom stereocenters. The molecular weight excluding hydrogens is 288 g/mol. The second kappa shape index (κ2) is 13.3. The number of aliphatic hydroxyl groups excluding tert-OH is 2. The van der Waals surface area contributed by atoms with Crippen LogP contribution >= 0.6 is 0 Å². The SMILES string of the molecule is O=C(O)/C=C(/OCCOCCO)C(=O)OCCOCCO. The van der Waals surface area contributed by atoms with Gasteiger partial charge in [0.05, 0.1) is 45.7 Å². The summed E-state index contributed by atoms with van der Waals surface area (Å²) >= 11 is 0. The van der Waals surface area contributed by atoms with Gasteiger partial charge in [0.25, 0.3) is 0 Å². The van der Waals surface area contributed by atoms with Gasteiger partial charge in [-0.05, 0) is 0 Å². The van der Waals surface area contributed by atoms with Gasteiger partial charge in [0, 0.05) is 0 Å². The van der Waals surface area contributed by atoms with Gasteiger partial charge in [-0.15, -0.1) is 0 Å². The maximum atomic E-state index is 11.6. The van der Waals surface area contributed by atoms with E-state index in [0.29, 0.717) is 6.08 Å². The first-order valence-electron chi connectivity index (χ1n) is 6.23. The van der Waals surface area contributed by atoms with Crippen LogP contribution in [0.5, 0.6) is 0 Å². The van der Waals surface area contributed by atoms with Gasteiger partial charge in [0.1, 0.15) is 13.2 Å². The molecule has 0 aliphatic heterocycles. The summed E-state index contributed by atoms with van der Waals surface area (Å²) in [6.45, 7) is -0.0448. The first kappa shape index (κ1) is 19.3. The molecule has 0 heterocycles. The molecule has 0 saturated heterocycles. The number of carbonyl (C=O) groups is 2. The van der Waals surface area contributed by atoms with Gasteiger partial charge in [-0.25, -0.2) is 9.59 Å². The Morgan fingerprint density at radius 2 is 1.33 bits per heavy atom. The lowest BCUT2D eigenvalue weighted by atomic mass is 10.4. The lowest BCUT2D eigenvalue weighted by Gasteiger charge is -2.10. The minimum atomic E-state index is -1.35. The van der Waals surface area contributed by atoms with Crippen molar-refractivity contribution in [3.63, 3.8) is 0 Å². The van der Waals surface area contributed by atoms with E-state index in [9.17, 15) is 9.59 Å². The van der Waals surface area contributed by atoms with Gasteiger partial charge in [-0.1, -0.05) is 0 Å². The van der Waals surface area contributed by atoms with Gasteiger partial charge >= 0.3 is 11.9 Å². The van der Waals surface area contributed by atoms with E-state index in [1.165, 1.54) is 0 Å². The van der Waals surface area contributed by atoms with E-state index in [2.05, 4.69) is 0 Å². The van der Waals surface area contributed by atoms with Crippen LogP contribution in [0.15, 0.2) is 11.8 Å². The van der Waals surface area contributed by atoms with Gasteiger partial charge < -0.3 is 34.3 Å². The van der Waals surface area contributed by atoms with Crippen molar-refractivity contribution in [2.45, 2.75) is 0 Å². The first-order valence-corrected chi connectivity index (χ1v) is 6.23. The zero-order valence-electron chi connectivity index (χ0n) is 11.5. The number of hydrogen-bond donors (Lipinski definition) is 3. The number of rotatable bonds is 13. The molecule has 0 spiro atoms. The Labute approximate surface area is 121 Å². The van der Waals surface area contributed by atoms with E-state index in [1.54, 1.807) is 0 Å². The van der Waals surface area contributed by atoms with Crippen LogP contribution < -0.4 is 0 Å². The predicted molar refractivity (Wildman–Crippen MR) is 68.4 cm³/mol. The number of carbonyl (C=O) groups excluding carboxylic acids is 1. The topological polar surface area (TPSA) is 132 Å². The Morgan fingerprint density at radius 1 is 0.810 bits per heavy atom. The number of aliphatic carboxylic acids is 1. The maximum Gasteiger partial charge on any atom is 0.373 e. The van der Waals surface area contributed by atoms with Crippen molar-refractivity contribution in [3.05, 3.63) is 11.8 Å². The summed E-state index contributed by atoms with van der Waals surface area (Å²) in [6.07, 6.45) is 0.586. The highest BCUT2D eigenvalue weighted by molar-refractivity contribution is 5.93. The van der Waals surface area contributed by atoms with E-state index in [0.717, 1.165) is 0 Å². The van der Waals surface area contributed by atoms with E-state index in [-0.39, 0.29) is 52.9 Å². The van der Waals surface area contributed by atoms with E-state index >= 15 is 0 Å². The normalized spacial score (nSPS) is 11.2. The van der Waals surface area contributed by atoms with Crippen LogP contribution in [0.4, 0.5) is 0 Å². The average molecular weight is 308 g/mol. The molecule has 0 aromatic rings. The Balaban J connectivity index is 4.09. The molecule has 0 radical (unpaired) electrons. The minimum Gasteiger partial charge on any atom is -0.484 e. The monoisotopic (exact) mass is 308 g/mol. The third-order valence-electron chi connectivity index (χ3n) is 1.87. The third kappa shape index (κ3) is 11.8. The largest absolute Gasteiger partial charge is 0.484 e. The summed E-state index contributed by atoms with van der Waals surface area (Å²) in [5, 5.41) is 25.6. The van der Waals surface area contributed by atoms with Crippen molar-refractivity contribution in [1.82, 2.24) is 0 Å². The van der Waals surface area contributed by atoms with Gasteiger partial charge in [0.15, 0.2) is 0 Å². The fraction of sp³-hybridized carbons (Fsp3) is 0.667. The second-order valence-electron chi connectivity index (χ2n) is 3.50. The highest BCUT2D eigenvalue weighted by Gasteiger charge is 2.14. The first-order chi connectivity index (χ1) is 10.1. The smallest absolute Gasteiger partial charge is 0.373 e. The van der Waals surface area contributed by atoms with Crippen LogP contribution in [0.3, 0.4) is 0 Å². The Kier molecular flexibility index (Phi) is 12.2. The molecule has 0 rings (SSSR count). The molecule has 0 aliphatic carbocycles. The van der Waals surface area contributed by atoms with Crippen molar-refractivity contribution in [2.75, 3.05) is 52.9 Å². The molecule has 0 aromatic heterocycles. The number of hydrogen-bond acceptors (Lipinski definition) is 8. The molecule has 9 heteroatoms. The van der Waals surface area contributed by atoms with Crippen molar-refractivity contribution >= 4 is 11.9 Å². The summed E-state index contributed by atoms with van der Waals surface area (Å²) in [6, 6.07) is 0. The molecule has 0 aliphatic rings. The standard InChI is InChI=1S/C12H20O9/c13-1-3-18-5-7-20-10(9-11(15)16)12(17)21-8-6-19-4-2-14/h9,13-14H,1-8H2,(H,15,16)/b10-9+. The lowest BCUT2D eigenvalue weighted by Crippen LogP contribution is -2.18. The molecule has 122 valence electrons. The molecule has 0 bridgehead atoms. The zero-order chi connectivity index (χ0) is 15.9. The van der Waals surface area contributed by atoms with Crippen molar-refractivity contribution in [1.29, 1.82) is 0 Å². The van der Waals surface area contributed by atoms with Crippen LogP contribution in [-0.4, -0.2) is 80.1 Å². The van der Waals surface area contributed by atoms with Crippen LogP contribution in [0.2, 0.25) is 0 Å². The van der Waals surface area contributed by atoms with Gasteiger partial charge in [0.2, 0.25) is 5.76 Å². The quantitative estimate of drug-likeness (QED) is 0.161. The number of ether oxygens (including phenoxy) is 4. The second-order valence-corrected chi connectivity index (χ2v) is 3.50. The van der Waals surface area contributed by atoms with E-state index < -0.39 is 17.7 Å². The fourth-order valence-corrected chi connectivity index (χ4v) is 1.08. The number of esters is 1. The van der Waals surface area contributed by atoms with Crippen LogP contribution in [0.25, 0.3) is 0 Å². The number of aliphatic hydroxyl groups is 2. The minimum absolute atomic E-state index is 0.0603. The van der Waals surface area contributed by atoms with Crippen LogP contribution in [0, 0.1) is 0 Å². The molecule has 3 N–H and O–H groups in total. The molecular formula is C12H20O9. The molecule has 0 amide bonds. The summed E-state index contributed by atoms with van der Waals surface area (Å²) in [5.74, 6) is -2.75. The fourth-order valence-electron chi connectivity index (χ4n) is 1.08. The van der Waals surface area contributed by atoms with E-state index in [4.69, 9.17) is 34.3 Å². The third-order valence-corrected chi connectivity index (χ3v) is 1.87. The molecule has 0 aromatic carbocycles. The molecule has 9 nitrogen and oxygen atoms in total. The van der Waals surface area contributed by atoms with Crippen molar-refractivity contribution in [3.8, 4) is 0 Å². The van der Waals surface area contributed by atoms with Crippen LogP contribution in [-0.2, 0) is 28.5 Å². The highest BCUT2D eigenvalue weighted by Crippen LogP contribution is 2.01. The number of carboxylic acid groups (broad SMARTS) is 1.